The van der Waals surface area contributed by atoms with Gasteiger partial charge in [0.25, 0.3) is 0 Å². The monoisotopic (exact) mass is 280 g/mol. The van der Waals surface area contributed by atoms with E-state index in [9.17, 15) is 4.79 Å². The van der Waals surface area contributed by atoms with Gasteiger partial charge in [0, 0.05) is 18.8 Å². The van der Waals surface area contributed by atoms with E-state index in [-0.39, 0.29) is 5.92 Å². The highest BCUT2D eigenvalue weighted by molar-refractivity contribution is 6.90. The van der Waals surface area contributed by atoms with E-state index in [4.69, 9.17) is 0 Å². The molecule has 0 saturated carbocycles. The Morgan fingerprint density at radius 3 is 1.68 bits per heavy atom. The van der Waals surface area contributed by atoms with Crippen LogP contribution >= 0.6 is 0 Å². The third kappa shape index (κ3) is 4.80. The van der Waals surface area contributed by atoms with Crippen molar-refractivity contribution in [1.29, 1.82) is 0 Å². The van der Waals surface area contributed by atoms with Crippen molar-refractivity contribution >= 4 is 13.9 Å². The zero-order valence-corrected chi connectivity index (χ0v) is 15.1. The maximum Gasteiger partial charge on any atom is 0.145 e. The van der Waals surface area contributed by atoms with Gasteiger partial charge in [0.1, 0.15) is 13.9 Å². The minimum atomic E-state index is -1.62. The van der Waals surface area contributed by atoms with Crippen LogP contribution in [0.1, 0.15) is 68.2 Å². The molecule has 2 heteroatoms. The van der Waals surface area contributed by atoms with E-state index in [0.29, 0.717) is 35.2 Å². The first-order valence-electron chi connectivity index (χ1n) is 7.72. The van der Waals surface area contributed by atoms with Crippen molar-refractivity contribution in [2.24, 2.45) is 5.92 Å². The van der Waals surface area contributed by atoms with E-state index in [1.54, 1.807) is 0 Å². The Bertz CT molecular complexity index is 322. The molecule has 0 aliphatic rings. The summed E-state index contributed by atoms with van der Waals surface area (Å²) in [5.74, 6) is 3.95. The maximum atomic E-state index is 11.5. The Labute approximate surface area is 121 Å². The lowest BCUT2D eigenvalue weighted by molar-refractivity contribution is -0.119. The van der Waals surface area contributed by atoms with Crippen molar-refractivity contribution < 1.29 is 4.79 Å². The van der Waals surface area contributed by atoms with Gasteiger partial charge in [-0.3, -0.25) is 4.79 Å². The first-order valence-corrected chi connectivity index (χ1v) is 9.95. The molecule has 0 saturated heterocycles. The second-order valence-electron chi connectivity index (χ2n) is 6.66. The van der Waals surface area contributed by atoms with Crippen LogP contribution in [0.25, 0.3) is 0 Å². The Morgan fingerprint density at radius 2 is 1.37 bits per heavy atom. The summed E-state index contributed by atoms with van der Waals surface area (Å²) in [5.41, 5.74) is 5.68. The number of hydrogen-bond donors (Lipinski definition) is 0. The number of ketones is 1. The Kier molecular flexibility index (Phi) is 7.67. The van der Waals surface area contributed by atoms with Crippen LogP contribution in [0.2, 0.25) is 16.6 Å². The fourth-order valence-corrected chi connectivity index (χ4v) is 8.58. The molecule has 0 aliphatic heterocycles. The zero-order valence-electron chi connectivity index (χ0n) is 14.1. The van der Waals surface area contributed by atoms with E-state index in [2.05, 4.69) is 59.9 Å². The Morgan fingerprint density at radius 1 is 0.947 bits per heavy atom. The van der Waals surface area contributed by atoms with Crippen LogP contribution in [0.15, 0.2) is 0 Å². The van der Waals surface area contributed by atoms with E-state index in [0.717, 1.165) is 0 Å². The molecule has 0 bridgehead atoms. The number of carbonyl (C=O) groups excluding carboxylic acids is 1. The molecular weight excluding hydrogens is 248 g/mol. The minimum absolute atomic E-state index is 0.204. The second-order valence-corrected chi connectivity index (χ2v) is 12.2. The molecule has 110 valence electrons. The standard InChI is InChI=1S/C17H32OSi/c1-9-17(18)12-16(8)10-11-19(13(2)3,14(4)5)15(6)7/h13-16H,9,12H2,1-8H3/t16-/m1/s1. The summed E-state index contributed by atoms with van der Waals surface area (Å²) in [4.78, 5) is 11.5. The van der Waals surface area contributed by atoms with Gasteiger partial charge in [0.2, 0.25) is 0 Å². The predicted molar refractivity (Wildman–Crippen MR) is 87.9 cm³/mol. The summed E-state index contributed by atoms with van der Waals surface area (Å²) < 4.78 is 0. The first kappa shape index (κ1) is 18.4. The molecule has 0 spiro atoms. The second kappa shape index (κ2) is 7.90. The van der Waals surface area contributed by atoms with Crippen molar-refractivity contribution in [1.82, 2.24) is 0 Å². The zero-order chi connectivity index (χ0) is 15.2. The van der Waals surface area contributed by atoms with E-state index < -0.39 is 8.07 Å². The fraction of sp³-hybridized carbons (Fsp3) is 0.824. The summed E-state index contributed by atoms with van der Waals surface area (Å²) in [6.45, 7) is 17.9. The molecule has 19 heavy (non-hydrogen) atoms. The van der Waals surface area contributed by atoms with Crippen molar-refractivity contribution in [3.05, 3.63) is 0 Å². The Hall–Kier alpha value is -0.553. The Balaban J connectivity index is 5.19. The molecule has 0 rings (SSSR count). The van der Waals surface area contributed by atoms with Crippen LogP contribution in [-0.2, 0) is 4.79 Å². The summed E-state index contributed by atoms with van der Waals surface area (Å²) in [7, 11) is -1.62. The smallest absolute Gasteiger partial charge is 0.145 e. The van der Waals surface area contributed by atoms with Gasteiger partial charge in [-0.15, -0.1) is 11.5 Å². The molecule has 0 aromatic heterocycles. The van der Waals surface area contributed by atoms with Gasteiger partial charge in [-0.2, -0.15) is 0 Å². The summed E-state index contributed by atoms with van der Waals surface area (Å²) >= 11 is 0. The first-order chi connectivity index (χ1) is 8.68. The molecular formula is C17H32OSi. The molecule has 0 aromatic carbocycles. The van der Waals surface area contributed by atoms with Crippen LogP contribution in [0.4, 0.5) is 0 Å². The fourth-order valence-electron chi connectivity index (χ4n) is 3.22. The van der Waals surface area contributed by atoms with Crippen molar-refractivity contribution in [2.75, 3.05) is 0 Å². The number of hydrogen-bond acceptors (Lipinski definition) is 1. The molecule has 0 unspecified atom stereocenters. The van der Waals surface area contributed by atoms with Crippen molar-refractivity contribution in [2.45, 2.75) is 84.9 Å². The van der Waals surface area contributed by atoms with Gasteiger partial charge < -0.3 is 0 Å². The normalized spacial score (nSPS) is 13.6. The third-order valence-electron chi connectivity index (χ3n) is 4.33. The number of rotatable bonds is 6. The van der Waals surface area contributed by atoms with Gasteiger partial charge >= 0.3 is 0 Å². The lowest BCUT2D eigenvalue weighted by atomic mass is 10.1. The molecule has 0 aromatic rings. The van der Waals surface area contributed by atoms with Crippen LogP contribution in [0, 0.1) is 17.4 Å². The lowest BCUT2D eigenvalue weighted by Gasteiger charge is -2.38. The summed E-state index contributed by atoms with van der Waals surface area (Å²) in [6, 6.07) is 0. The average molecular weight is 281 g/mol. The molecule has 0 N–H and O–H groups in total. The highest BCUT2D eigenvalue weighted by Gasteiger charge is 2.41. The lowest BCUT2D eigenvalue weighted by Crippen LogP contribution is -2.43. The summed E-state index contributed by atoms with van der Waals surface area (Å²) in [5, 5.41) is 0. The quantitative estimate of drug-likeness (QED) is 0.482. The molecule has 0 radical (unpaired) electrons. The van der Waals surface area contributed by atoms with Crippen LogP contribution in [0.5, 0.6) is 0 Å². The predicted octanol–water partition coefficient (Wildman–Crippen LogP) is 5.21. The largest absolute Gasteiger partial charge is 0.300 e. The van der Waals surface area contributed by atoms with Crippen LogP contribution in [0.3, 0.4) is 0 Å². The molecule has 0 amide bonds. The van der Waals surface area contributed by atoms with Gasteiger partial charge in [-0.1, -0.05) is 55.4 Å². The van der Waals surface area contributed by atoms with Crippen LogP contribution in [-0.4, -0.2) is 13.9 Å². The topological polar surface area (TPSA) is 17.1 Å². The van der Waals surface area contributed by atoms with E-state index in [1.807, 2.05) is 6.92 Å². The molecule has 0 fully saturated rings. The van der Waals surface area contributed by atoms with Gasteiger partial charge in [0.15, 0.2) is 0 Å². The number of carbonyl (C=O) groups is 1. The van der Waals surface area contributed by atoms with E-state index >= 15 is 0 Å². The molecule has 1 nitrogen and oxygen atoms in total. The SMILES string of the molecule is CCC(=O)C[C@H](C)C#C[Si](C(C)C)(C(C)C)C(C)C. The molecule has 0 heterocycles. The van der Waals surface area contributed by atoms with Crippen LogP contribution < -0.4 is 0 Å². The summed E-state index contributed by atoms with van der Waals surface area (Å²) in [6.07, 6.45) is 1.25. The minimum Gasteiger partial charge on any atom is -0.300 e. The van der Waals surface area contributed by atoms with E-state index in [1.165, 1.54) is 0 Å². The van der Waals surface area contributed by atoms with Gasteiger partial charge in [-0.05, 0) is 16.6 Å². The highest BCUT2D eigenvalue weighted by Crippen LogP contribution is 2.40. The van der Waals surface area contributed by atoms with Gasteiger partial charge in [0.05, 0.1) is 0 Å². The van der Waals surface area contributed by atoms with Crippen molar-refractivity contribution in [3.63, 3.8) is 0 Å². The number of Topliss-reactive ketones (excluding diaryl/α,β-unsaturated/α-hetero) is 1. The third-order valence-corrected chi connectivity index (χ3v) is 10.6. The van der Waals surface area contributed by atoms with Gasteiger partial charge in [-0.25, -0.2) is 0 Å². The maximum absolute atomic E-state index is 11.5. The molecule has 1 atom stereocenters. The highest BCUT2D eigenvalue weighted by atomic mass is 28.3. The average Bonchev–Trinajstić information content (AvgIpc) is 2.27. The van der Waals surface area contributed by atoms with Crippen molar-refractivity contribution in [3.8, 4) is 11.5 Å². The molecule has 0 aliphatic carbocycles.